The number of hydrogen-bond donors (Lipinski definition) is 1. The lowest BCUT2D eigenvalue weighted by Crippen LogP contribution is -2.24. The fourth-order valence-electron chi connectivity index (χ4n) is 2.16. The first kappa shape index (κ1) is 15.5. The average Bonchev–Trinajstić information content (AvgIpc) is 3.14. The maximum Gasteiger partial charge on any atom is 0.238 e. The van der Waals surface area contributed by atoms with Crippen molar-refractivity contribution in [2.45, 2.75) is 37.2 Å². The zero-order valence-corrected chi connectivity index (χ0v) is 14.0. The van der Waals surface area contributed by atoms with Crippen LogP contribution in [0.4, 0.5) is 5.82 Å². The van der Waals surface area contributed by atoms with E-state index in [1.807, 2.05) is 49.6 Å². The molecule has 0 saturated carbocycles. The van der Waals surface area contributed by atoms with Crippen molar-refractivity contribution >= 4 is 29.1 Å². The molecule has 0 aliphatic carbocycles. The van der Waals surface area contributed by atoms with Gasteiger partial charge < -0.3 is 5.32 Å². The van der Waals surface area contributed by atoms with Crippen molar-refractivity contribution in [3.63, 3.8) is 0 Å². The molecule has 0 aliphatic heterocycles. The molecule has 8 heteroatoms. The number of nitrogens with one attached hydrogen (secondary N) is 1. The van der Waals surface area contributed by atoms with E-state index < -0.39 is 0 Å². The first-order valence-corrected chi connectivity index (χ1v) is 8.25. The monoisotopic (exact) mass is 330 g/mol. The van der Waals surface area contributed by atoms with Gasteiger partial charge in [-0.3, -0.25) is 9.20 Å². The molecule has 3 aromatic heterocycles. The molecule has 1 atom stereocenters. The molecule has 0 spiro atoms. The number of anilines is 1. The van der Waals surface area contributed by atoms with Crippen LogP contribution < -0.4 is 5.32 Å². The molecule has 0 aliphatic rings. The molecule has 1 amide bonds. The van der Waals surface area contributed by atoms with Crippen molar-refractivity contribution in [1.29, 1.82) is 0 Å². The lowest BCUT2D eigenvalue weighted by atomic mass is 10.4. The summed E-state index contributed by atoms with van der Waals surface area (Å²) < 4.78 is 3.65. The summed E-state index contributed by atoms with van der Waals surface area (Å²) in [7, 11) is 0. The number of amides is 1. The van der Waals surface area contributed by atoms with Crippen LogP contribution in [0, 0.1) is 0 Å². The van der Waals surface area contributed by atoms with Gasteiger partial charge in [0.2, 0.25) is 5.91 Å². The molecule has 23 heavy (non-hydrogen) atoms. The van der Waals surface area contributed by atoms with E-state index in [-0.39, 0.29) is 17.2 Å². The molecular weight excluding hydrogens is 312 g/mol. The van der Waals surface area contributed by atoms with Gasteiger partial charge in [-0.25, -0.2) is 4.68 Å². The molecule has 120 valence electrons. The normalized spacial score (nSPS) is 12.7. The van der Waals surface area contributed by atoms with Crippen molar-refractivity contribution in [1.82, 2.24) is 24.4 Å². The van der Waals surface area contributed by atoms with Gasteiger partial charge in [-0.15, -0.1) is 10.2 Å². The van der Waals surface area contributed by atoms with Crippen molar-refractivity contribution in [2.75, 3.05) is 5.32 Å². The predicted octanol–water partition coefficient (Wildman–Crippen LogP) is 2.63. The topological polar surface area (TPSA) is 77.1 Å². The number of fused-ring (bicyclic) bond motifs is 1. The van der Waals surface area contributed by atoms with Gasteiger partial charge in [0, 0.05) is 18.3 Å². The number of aromatic nitrogens is 5. The van der Waals surface area contributed by atoms with Crippen LogP contribution in [-0.4, -0.2) is 35.5 Å². The zero-order valence-electron chi connectivity index (χ0n) is 13.2. The maximum absolute atomic E-state index is 12.4. The molecular formula is C15H18N6OS. The van der Waals surface area contributed by atoms with Crippen LogP contribution in [0.3, 0.4) is 0 Å². The van der Waals surface area contributed by atoms with Gasteiger partial charge in [-0.1, -0.05) is 17.8 Å². The third kappa shape index (κ3) is 3.21. The minimum atomic E-state index is -0.307. The van der Waals surface area contributed by atoms with Gasteiger partial charge in [-0.05, 0) is 32.9 Å². The minimum Gasteiger partial charge on any atom is -0.310 e. The number of thioether (sulfide) groups is 1. The maximum atomic E-state index is 12.4. The molecule has 3 heterocycles. The Hall–Kier alpha value is -2.35. The summed E-state index contributed by atoms with van der Waals surface area (Å²) >= 11 is 1.37. The summed E-state index contributed by atoms with van der Waals surface area (Å²) in [6.45, 7) is 5.88. The Kier molecular flexibility index (Phi) is 4.33. The summed E-state index contributed by atoms with van der Waals surface area (Å²) in [6, 6.07) is 7.67. The Labute approximate surface area is 138 Å². The van der Waals surface area contributed by atoms with Gasteiger partial charge in [0.1, 0.15) is 5.82 Å². The van der Waals surface area contributed by atoms with Crippen molar-refractivity contribution in [3.05, 3.63) is 36.7 Å². The van der Waals surface area contributed by atoms with Crippen LogP contribution in [0.25, 0.3) is 5.65 Å². The molecule has 3 rings (SSSR count). The Morgan fingerprint density at radius 2 is 2.04 bits per heavy atom. The Morgan fingerprint density at radius 1 is 1.22 bits per heavy atom. The van der Waals surface area contributed by atoms with Crippen LogP contribution in [0.1, 0.15) is 26.8 Å². The number of hydrogen-bond acceptors (Lipinski definition) is 5. The molecule has 7 nitrogen and oxygen atoms in total. The SMILES string of the molecule is CC(C)n1nccc1NC(=O)[C@@H](C)Sc1nnc2ccccn12. The van der Waals surface area contributed by atoms with E-state index in [9.17, 15) is 4.79 Å². The second kappa shape index (κ2) is 6.41. The Bertz CT molecular complexity index is 824. The number of rotatable bonds is 5. The predicted molar refractivity (Wildman–Crippen MR) is 89.5 cm³/mol. The standard InChI is InChI=1S/C15H18N6OS/c1-10(2)21-12(7-8-16-21)17-14(22)11(3)23-15-19-18-13-6-4-5-9-20(13)15/h4-11H,1-3H3,(H,17,22)/t11-/m1/s1. The van der Waals surface area contributed by atoms with E-state index in [2.05, 4.69) is 20.6 Å². The van der Waals surface area contributed by atoms with Gasteiger partial charge in [0.05, 0.1) is 11.4 Å². The van der Waals surface area contributed by atoms with E-state index in [1.54, 1.807) is 16.9 Å². The van der Waals surface area contributed by atoms with E-state index in [0.29, 0.717) is 11.0 Å². The summed E-state index contributed by atoms with van der Waals surface area (Å²) in [5.74, 6) is 0.605. The third-order valence-corrected chi connectivity index (χ3v) is 4.40. The fraction of sp³-hybridized carbons (Fsp3) is 0.333. The minimum absolute atomic E-state index is 0.0925. The van der Waals surface area contributed by atoms with Gasteiger partial charge in [0.15, 0.2) is 10.8 Å². The summed E-state index contributed by atoms with van der Waals surface area (Å²) in [6.07, 6.45) is 3.57. The lowest BCUT2D eigenvalue weighted by Gasteiger charge is -2.14. The van der Waals surface area contributed by atoms with Crippen LogP contribution in [0.15, 0.2) is 41.8 Å². The largest absolute Gasteiger partial charge is 0.310 e. The highest BCUT2D eigenvalue weighted by molar-refractivity contribution is 8.00. The van der Waals surface area contributed by atoms with E-state index in [1.165, 1.54) is 11.8 Å². The van der Waals surface area contributed by atoms with E-state index in [0.717, 1.165) is 5.65 Å². The van der Waals surface area contributed by atoms with Gasteiger partial charge in [0.25, 0.3) is 0 Å². The summed E-state index contributed by atoms with van der Waals surface area (Å²) in [4.78, 5) is 12.4. The Morgan fingerprint density at radius 3 is 2.83 bits per heavy atom. The molecule has 0 bridgehead atoms. The van der Waals surface area contributed by atoms with Crippen LogP contribution in [-0.2, 0) is 4.79 Å². The second-order valence-corrected chi connectivity index (χ2v) is 6.72. The van der Waals surface area contributed by atoms with E-state index in [4.69, 9.17) is 0 Å². The highest BCUT2D eigenvalue weighted by Crippen LogP contribution is 2.23. The van der Waals surface area contributed by atoms with Crippen molar-refractivity contribution in [3.8, 4) is 0 Å². The van der Waals surface area contributed by atoms with E-state index >= 15 is 0 Å². The molecule has 0 fully saturated rings. The molecule has 0 radical (unpaired) electrons. The first-order chi connectivity index (χ1) is 11.1. The van der Waals surface area contributed by atoms with Crippen LogP contribution in [0.5, 0.6) is 0 Å². The van der Waals surface area contributed by atoms with Gasteiger partial charge in [-0.2, -0.15) is 5.10 Å². The number of carbonyl (C=O) groups is 1. The molecule has 1 N–H and O–H groups in total. The van der Waals surface area contributed by atoms with Crippen molar-refractivity contribution < 1.29 is 4.79 Å². The lowest BCUT2D eigenvalue weighted by molar-refractivity contribution is -0.115. The first-order valence-electron chi connectivity index (χ1n) is 7.37. The highest BCUT2D eigenvalue weighted by atomic mass is 32.2. The summed E-state index contributed by atoms with van der Waals surface area (Å²) in [5, 5.41) is 15.7. The molecule has 0 aromatic carbocycles. The molecule has 0 saturated heterocycles. The summed E-state index contributed by atoms with van der Waals surface area (Å²) in [5.41, 5.74) is 0.764. The zero-order chi connectivity index (χ0) is 16.4. The highest BCUT2D eigenvalue weighted by Gasteiger charge is 2.19. The number of nitrogens with zero attached hydrogens (tertiary/aromatic N) is 5. The quantitative estimate of drug-likeness (QED) is 0.728. The van der Waals surface area contributed by atoms with Crippen molar-refractivity contribution in [2.24, 2.45) is 0 Å². The Balaban J connectivity index is 1.71. The van der Waals surface area contributed by atoms with Crippen LogP contribution in [0.2, 0.25) is 0 Å². The number of carbonyl (C=O) groups excluding carboxylic acids is 1. The number of pyridine rings is 1. The smallest absolute Gasteiger partial charge is 0.238 e. The third-order valence-electron chi connectivity index (χ3n) is 3.34. The van der Waals surface area contributed by atoms with Gasteiger partial charge >= 0.3 is 0 Å². The molecule has 3 aromatic rings. The second-order valence-electron chi connectivity index (χ2n) is 5.42. The average molecular weight is 330 g/mol. The molecule has 0 unspecified atom stereocenters. The fourth-order valence-corrected chi connectivity index (χ4v) is 3.00. The van der Waals surface area contributed by atoms with Crippen LogP contribution >= 0.6 is 11.8 Å².